The van der Waals surface area contributed by atoms with E-state index in [1.54, 1.807) is 0 Å². The summed E-state index contributed by atoms with van der Waals surface area (Å²) in [7, 11) is 0. The summed E-state index contributed by atoms with van der Waals surface area (Å²) in [5.74, 6) is 0.500. The van der Waals surface area contributed by atoms with E-state index in [1.807, 2.05) is 49.4 Å². The summed E-state index contributed by atoms with van der Waals surface area (Å²) in [6.07, 6.45) is 11.0. The molecular weight excluding hydrogens is 326 g/mol. The maximum absolute atomic E-state index is 11.9. The molecule has 0 amide bonds. The van der Waals surface area contributed by atoms with Gasteiger partial charge in [0.05, 0.1) is 12.2 Å². The van der Waals surface area contributed by atoms with Crippen molar-refractivity contribution in [2.45, 2.75) is 19.9 Å². The Kier molecular flexibility index (Phi) is 5.43. The van der Waals surface area contributed by atoms with Crippen LogP contribution in [0.1, 0.15) is 23.2 Å². The van der Waals surface area contributed by atoms with Gasteiger partial charge in [0.25, 0.3) is 5.56 Å². The van der Waals surface area contributed by atoms with Crippen LogP contribution in [0.4, 0.5) is 5.95 Å². The molecule has 1 heterocycles. The second-order valence-electron chi connectivity index (χ2n) is 5.97. The first-order valence-corrected chi connectivity index (χ1v) is 8.39. The third-order valence-corrected chi connectivity index (χ3v) is 3.78. The van der Waals surface area contributed by atoms with Gasteiger partial charge in [0.15, 0.2) is 0 Å². The number of nitrogens with one attached hydrogen (secondary N) is 2. The molecule has 6 heteroatoms. The van der Waals surface area contributed by atoms with Crippen LogP contribution >= 0.6 is 0 Å². The van der Waals surface area contributed by atoms with Crippen LogP contribution in [0.2, 0.25) is 0 Å². The number of H-pyrrole nitrogens is 1. The molecule has 4 N–H and O–H groups in total. The average molecular weight is 347 g/mol. The Morgan fingerprint density at radius 1 is 1.35 bits per heavy atom. The number of hydrogen-bond acceptors (Lipinski definition) is 4. The Labute approximate surface area is 151 Å². The summed E-state index contributed by atoms with van der Waals surface area (Å²) in [6.45, 7) is 2.40. The van der Waals surface area contributed by atoms with Crippen molar-refractivity contribution in [1.82, 2.24) is 15.3 Å². The summed E-state index contributed by atoms with van der Waals surface area (Å²) < 4.78 is 0. The van der Waals surface area contributed by atoms with E-state index in [0.717, 1.165) is 23.2 Å². The number of aliphatic imine (C=N–C) groups is 1. The maximum atomic E-state index is 11.9. The minimum absolute atomic E-state index is 0.193. The summed E-state index contributed by atoms with van der Waals surface area (Å²) >= 11 is 0. The van der Waals surface area contributed by atoms with Crippen molar-refractivity contribution in [3.05, 3.63) is 93.6 Å². The maximum Gasteiger partial charge on any atom is 0.252 e. The molecule has 132 valence electrons. The number of amidine groups is 1. The van der Waals surface area contributed by atoms with Crippen LogP contribution in [0.25, 0.3) is 0 Å². The van der Waals surface area contributed by atoms with E-state index in [0.29, 0.717) is 18.1 Å². The van der Waals surface area contributed by atoms with E-state index < -0.39 is 0 Å². The Balaban J connectivity index is 1.79. The lowest BCUT2D eigenvalue weighted by Gasteiger charge is -2.07. The van der Waals surface area contributed by atoms with Gasteiger partial charge in [0, 0.05) is 17.3 Å². The third-order valence-electron chi connectivity index (χ3n) is 3.78. The van der Waals surface area contributed by atoms with Crippen molar-refractivity contribution >= 4 is 11.8 Å². The molecule has 0 saturated carbocycles. The van der Waals surface area contributed by atoms with Gasteiger partial charge in [-0.15, -0.1) is 0 Å². The van der Waals surface area contributed by atoms with E-state index in [1.165, 1.54) is 6.07 Å². The van der Waals surface area contributed by atoms with Crippen molar-refractivity contribution in [3.8, 4) is 0 Å². The first kappa shape index (κ1) is 17.4. The molecule has 1 aliphatic carbocycles. The number of nitrogens with zero attached hydrogens (tertiary/aromatic N) is 2. The molecule has 26 heavy (non-hydrogen) atoms. The van der Waals surface area contributed by atoms with E-state index in [-0.39, 0.29) is 11.5 Å². The second-order valence-corrected chi connectivity index (χ2v) is 5.97. The number of nitrogens with two attached hydrogens (primary N) is 1. The van der Waals surface area contributed by atoms with Crippen molar-refractivity contribution < 1.29 is 0 Å². The number of hydrogen-bond donors (Lipinski definition) is 3. The van der Waals surface area contributed by atoms with Gasteiger partial charge < -0.3 is 11.1 Å². The lowest BCUT2D eigenvalue weighted by Crippen LogP contribution is -2.17. The molecule has 0 bridgehead atoms. The monoisotopic (exact) mass is 347 g/mol. The Bertz CT molecular complexity index is 966. The largest absolute Gasteiger partial charge is 0.383 e. The molecule has 0 saturated heterocycles. The zero-order chi connectivity index (χ0) is 18.4. The summed E-state index contributed by atoms with van der Waals surface area (Å²) in [5, 5.41) is 3.25. The zero-order valence-electron chi connectivity index (χ0n) is 14.6. The third kappa shape index (κ3) is 4.80. The van der Waals surface area contributed by atoms with Crippen LogP contribution in [0.5, 0.6) is 0 Å². The minimum Gasteiger partial charge on any atom is -0.383 e. The molecule has 3 rings (SSSR count). The standard InChI is InChI=1S/C20H21N5O/c1-14-7-6-8-15(11-14)19(21)25-20-23-17(12-18(26)24-20)13-22-16-9-4-2-3-5-10-16/h2,4-12,22H,3,13H2,1H3,(H3,21,23,24,25,26). The molecule has 0 spiro atoms. The van der Waals surface area contributed by atoms with Gasteiger partial charge in [-0.3, -0.25) is 9.78 Å². The topological polar surface area (TPSA) is 96.2 Å². The Morgan fingerprint density at radius 2 is 2.23 bits per heavy atom. The summed E-state index contributed by atoms with van der Waals surface area (Å²) in [5.41, 5.74) is 9.21. The van der Waals surface area contributed by atoms with Crippen molar-refractivity contribution in [1.29, 1.82) is 0 Å². The van der Waals surface area contributed by atoms with Gasteiger partial charge in [-0.1, -0.05) is 42.0 Å². The van der Waals surface area contributed by atoms with E-state index >= 15 is 0 Å². The molecule has 2 aromatic rings. The highest BCUT2D eigenvalue weighted by atomic mass is 16.1. The fourth-order valence-corrected chi connectivity index (χ4v) is 2.51. The number of aryl methyl sites for hydroxylation is 1. The molecule has 0 atom stereocenters. The number of benzene rings is 1. The van der Waals surface area contributed by atoms with Gasteiger partial charge in [0.2, 0.25) is 5.95 Å². The van der Waals surface area contributed by atoms with Crippen LogP contribution < -0.4 is 16.6 Å². The van der Waals surface area contributed by atoms with Gasteiger partial charge in [-0.25, -0.2) is 4.98 Å². The van der Waals surface area contributed by atoms with E-state index in [9.17, 15) is 4.79 Å². The SMILES string of the molecule is Cc1cccc(/C(N)=N/c2nc(CNC3=CC=CCC=C3)cc(=O)[nH]2)c1. The van der Waals surface area contributed by atoms with Crippen LogP contribution in [0.3, 0.4) is 0 Å². The molecule has 0 fully saturated rings. The van der Waals surface area contributed by atoms with Gasteiger partial charge in [-0.2, -0.15) is 4.99 Å². The van der Waals surface area contributed by atoms with Crippen LogP contribution in [-0.4, -0.2) is 15.8 Å². The molecule has 0 aliphatic heterocycles. The highest BCUT2D eigenvalue weighted by Crippen LogP contribution is 2.08. The van der Waals surface area contributed by atoms with Gasteiger partial charge >= 0.3 is 0 Å². The smallest absolute Gasteiger partial charge is 0.252 e. The highest BCUT2D eigenvalue weighted by molar-refractivity contribution is 5.98. The number of allylic oxidation sites excluding steroid dienone is 5. The van der Waals surface area contributed by atoms with E-state index in [2.05, 4.69) is 32.4 Å². The molecule has 6 nitrogen and oxygen atoms in total. The molecular formula is C20H21N5O. The molecule has 0 radical (unpaired) electrons. The predicted molar refractivity (Wildman–Crippen MR) is 104 cm³/mol. The minimum atomic E-state index is -0.266. The first-order chi connectivity index (χ1) is 12.6. The predicted octanol–water partition coefficient (Wildman–Crippen LogP) is 2.60. The zero-order valence-corrected chi connectivity index (χ0v) is 14.6. The van der Waals surface area contributed by atoms with Crippen molar-refractivity contribution in [3.63, 3.8) is 0 Å². The number of rotatable bonds is 5. The Morgan fingerprint density at radius 3 is 3.08 bits per heavy atom. The Hall–Kier alpha value is -3.41. The number of aromatic amines is 1. The highest BCUT2D eigenvalue weighted by Gasteiger charge is 2.04. The lowest BCUT2D eigenvalue weighted by atomic mass is 10.1. The molecule has 1 aromatic heterocycles. The quantitative estimate of drug-likeness (QED) is 0.572. The van der Waals surface area contributed by atoms with Crippen molar-refractivity contribution in [2.24, 2.45) is 10.7 Å². The second kappa shape index (κ2) is 8.11. The summed E-state index contributed by atoms with van der Waals surface area (Å²) in [6, 6.07) is 9.14. The molecule has 0 unspecified atom stereocenters. The van der Waals surface area contributed by atoms with Crippen LogP contribution in [0.15, 0.2) is 76.2 Å². The molecule has 1 aliphatic rings. The van der Waals surface area contributed by atoms with Crippen molar-refractivity contribution in [2.75, 3.05) is 0 Å². The first-order valence-electron chi connectivity index (χ1n) is 8.39. The summed E-state index contributed by atoms with van der Waals surface area (Å²) in [4.78, 5) is 23.2. The van der Waals surface area contributed by atoms with Crippen LogP contribution in [0, 0.1) is 6.92 Å². The normalized spacial score (nSPS) is 14.0. The van der Waals surface area contributed by atoms with Crippen LogP contribution in [-0.2, 0) is 6.54 Å². The van der Waals surface area contributed by atoms with Gasteiger partial charge in [-0.05, 0) is 31.6 Å². The van der Waals surface area contributed by atoms with Gasteiger partial charge in [0.1, 0.15) is 5.84 Å². The average Bonchev–Trinajstić information content (AvgIpc) is 2.88. The fraction of sp³-hybridized carbons (Fsp3) is 0.150. The van der Waals surface area contributed by atoms with E-state index in [4.69, 9.17) is 5.73 Å². The molecule has 1 aromatic carbocycles. The number of aromatic nitrogens is 2. The lowest BCUT2D eigenvalue weighted by molar-refractivity contribution is 0.797. The fourth-order valence-electron chi connectivity index (χ4n) is 2.51.